The molecule has 2 rings (SSSR count). The predicted molar refractivity (Wildman–Crippen MR) is 97.6 cm³/mol. The summed E-state index contributed by atoms with van der Waals surface area (Å²) in [4.78, 5) is 13.9. The lowest BCUT2D eigenvalue weighted by Gasteiger charge is -2.44. The summed E-state index contributed by atoms with van der Waals surface area (Å²) in [7, 11) is 5.63. The number of nitrogens with zero attached hydrogens (tertiary/aromatic N) is 1. The second-order valence-electron chi connectivity index (χ2n) is 7.25. The average Bonchev–Trinajstić information content (AvgIpc) is 2.58. The quantitative estimate of drug-likeness (QED) is 0.767. The number of hydrogen-bond donors (Lipinski definition) is 1. The van der Waals surface area contributed by atoms with Crippen LogP contribution in [0, 0.1) is 5.92 Å². The van der Waals surface area contributed by atoms with Gasteiger partial charge in [-0.1, -0.05) is 19.1 Å². The third kappa shape index (κ3) is 4.95. The molecule has 0 spiro atoms. The molecule has 0 aliphatic heterocycles. The van der Waals surface area contributed by atoms with Gasteiger partial charge in [0.25, 0.3) is 0 Å². The zero-order valence-corrected chi connectivity index (χ0v) is 15.8. The largest absolute Gasteiger partial charge is 0.497 e. The van der Waals surface area contributed by atoms with Crippen LogP contribution in [0.1, 0.15) is 44.6 Å². The van der Waals surface area contributed by atoms with Crippen molar-refractivity contribution in [2.75, 3.05) is 27.7 Å². The van der Waals surface area contributed by atoms with E-state index in [1.54, 1.807) is 7.11 Å². The third-order valence-electron chi connectivity index (χ3n) is 4.98. The molecule has 1 fully saturated rings. The monoisotopic (exact) mass is 349 g/mol. The molecular weight excluding hydrogens is 318 g/mol. The second kappa shape index (κ2) is 8.68. The summed E-state index contributed by atoms with van der Waals surface area (Å²) < 4.78 is 10.9. The molecule has 0 bridgehead atoms. The molecule has 140 valence electrons. The standard InChI is InChI=1S/C20H31NO4/c1-5-7-19(22)25-18-10-11-20(23,16(13-18)14-21(2)3)15-8-6-9-17(12-15)24-4/h6,8-9,12,16,18,23H,5,7,10-11,13-14H2,1-4H3/t16-,18+,20+/m0/s1. The van der Waals surface area contributed by atoms with Crippen molar-refractivity contribution >= 4 is 5.97 Å². The van der Waals surface area contributed by atoms with Crippen molar-refractivity contribution < 1.29 is 19.4 Å². The molecular formula is C20H31NO4. The molecule has 1 aliphatic carbocycles. The van der Waals surface area contributed by atoms with Crippen molar-refractivity contribution in [2.24, 2.45) is 5.92 Å². The van der Waals surface area contributed by atoms with Crippen LogP contribution < -0.4 is 4.74 Å². The molecule has 25 heavy (non-hydrogen) atoms. The first kappa shape index (κ1) is 19.7. The van der Waals surface area contributed by atoms with E-state index in [2.05, 4.69) is 4.90 Å². The van der Waals surface area contributed by atoms with E-state index in [0.29, 0.717) is 25.7 Å². The minimum Gasteiger partial charge on any atom is -0.497 e. The topological polar surface area (TPSA) is 59.0 Å². The molecule has 0 aromatic heterocycles. The van der Waals surface area contributed by atoms with Gasteiger partial charge >= 0.3 is 5.97 Å². The van der Waals surface area contributed by atoms with Gasteiger partial charge in [-0.3, -0.25) is 4.79 Å². The molecule has 5 nitrogen and oxygen atoms in total. The second-order valence-corrected chi connectivity index (χ2v) is 7.25. The molecule has 0 unspecified atom stereocenters. The maximum atomic E-state index is 11.8. The van der Waals surface area contributed by atoms with Crippen molar-refractivity contribution in [3.8, 4) is 5.75 Å². The first-order chi connectivity index (χ1) is 11.9. The highest BCUT2D eigenvalue weighted by atomic mass is 16.5. The predicted octanol–water partition coefficient (Wildman–Crippen LogP) is 2.96. The van der Waals surface area contributed by atoms with Crippen molar-refractivity contribution in [3.05, 3.63) is 29.8 Å². The minimum atomic E-state index is -0.938. The summed E-state index contributed by atoms with van der Waals surface area (Å²) in [6.45, 7) is 2.70. The fourth-order valence-electron chi connectivity index (χ4n) is 3.71. The lowest BCUT2D eigenvalue weighted by Crippen LogP contribution is -2.47. The molecule has 0 heterocycles. The number of carbonyl (C=O) groups excluding carboxylic acids is 1. The molecule has 1 aliphatic rings. The Bertz CT molecular complexity index is 575. The number of rotatable bonds is 7. The van der Waals surface area contributed by atoms with Gasteiger partial charge in [0.2, 0.25) is 0 Å². The maximum Gasteiger partial charge on any atom is 0.306 e. The smallest absolute Gasteiger partial charge is 0.306 e. The number of esters is 1. The Labute approximate surface area is 150 Å². The van der Waals surface area contributed by atoms with Crippen molar-refractivity contribution in [2.45, 2.75) is 50.7 Å². The normalized spacial score (nSPS) is 26.5. The van der Waals surface area contributed by atoms with Gasteiger partial charge in [0.15, 0.2) is 0 Å². The van der Waals surface area contributed by atoms with E-state index in [1.165, 1.54) is 0 Å². The van der Waals surface area contributed by atoms with Gasteiger partial charge in [0.05, 0.1) is 12.7 Å². The third-order valence-corrected chi connectivity index (χ3v) is 4.98. The van der Waals surface area contributed by atoms with Crippen molar-refractivity contribution in [1.82, 2.24) is 4.90 Å². The van der Waals surface area contributed by atoms with Gasteiger partial charge in [-0.05, 0) is 57.5 Å². The highest BCUT2D eigenvalue weighted by Crippen LogP contribution is 2.43. The molecule has 1 N–H and O–H groups in total. The van der Waals surface area contributed by atoms with E-state index < -0.39 is 5.60 Å². The fourth-order valence-corrected chi connectivity index (χ4v) is 3.71. The van der Waals surface area contributed by atoms with E-state index in [4.69, 9.17) is 9.47 Å². The Morgan fingerprint density at radius 2 is 2.16 bits per heavy atom. The molecule has 5 heteroatoms. The number of hydrogen-bond acceptors (Lipinski definition) is 5. The first-order valence-corrected chi connectivity index (χ1v) is 9.10. The van der Waals surface area contributed by atoms with Gasteiger partial charge < -0.3 is 19.5 Å². The molecule has 1 aromatic rings. The minimum absolute atomic E-state index is 0.0113. The Kier molecular flexibility index (Phi) is 6.85. The Morgan fingerprint density at radius 3 is 2.80 bits per heavy atom. The average molecular weight is 349 g/mol. The van der Waals surface area contributed by atoms with Crippen LogP contribution in [0.3, 0.4) is 0 Å². The van der Waals surface area contributed by atoms with Gasteiger partial charge in [-0.2, -0.15) is 0 Å². The van der Waals surface area contributed by atoms with Crippen molar-refractivity contribution in [3.63, 3.8) is 0 Å². The molecule has 0 saturated heterocycles. The zero-order chi connectivity index (χ0) is 18.4. The van der Waals surface area contributed by atoms with E-state index in [1.807, 2.05) is 45.3 Å². The van der Waals surface area contributed by atoms with E-state index in [0.717, 1.165) is 24.3 Å². The maximum absolute atomic E-state index is 11.8. The Balaban J connectivity index is 2.20. The summed E-state index contributed by atoms with van der Waals surface area (Å²) in [6, 6.07) is 7.65. The van der Waals surface area contributed by atoms with E-state index in [9.17, 15) is 9.90 Å². The van der Waals surface area contributed by atoms with Crippen LogP contribution >= 0.6 is 0 Å². The number of carbonyl (C=O) groups is 1. The number of methoxy groups -OCH3 is 1. The van der Waals surface area contributed by atoms with Gasteiger partial charge in [0.1, 0.15) is 11.9 Å². The van der Waals surface area contributed by atoms with Crippen LogP contribution in [0.25, 0.3) is 0 Å². The van der Waals surface area contributed by atoms with Crippen LogP contribution in [0.5, 0.6) is 5.75 Å². The molecule has 0 amide bonds. The summed E-state index contributed by atoms with van der Waals surface area (Å²) >= 11 is 0. The molecule has 1 saturated carbocycles. The summed E-state index contributed by atoms with van der Waals surface area (Å²) in [5.41, 5.74) is -0.0658. The summed E-state index contributed by atoms with van der Waals surface area (Å²) in [5, 5.41) is 11.5. The van der Waals surface area contributed by atoms with Crippen LogP contribution in [0.2, 0.25) is 0 Å². The molecule has 0 radical (unpaired) electrons. The summed E-state index contributed by atoms with van der Waals surface area (Å²) in [6.07, 6.45) is 3.04. The molecule has 1 aromatic carbocycles. The highest BCUT2D eigenvalue weighted by Gasteiger charge is 2.44. The van der Waals surface area contributed by atoms with Gasteiger partial charge in [0, 0.05) is 18.9 Å². The Hall–Kier alpha value is -1.59. The van der Waals surface area contributed by atoms with Gasteiger partial charge in [-0.15, -0.1) is 0 Å². The molecule has 3 atom stereocenters. The van der Waals surface area contributed by atoms with Crippen LogP contribution in [0.4, 0.5) is 0 Å². The van der Waals surface area contributed by atoms with Crippen LogP contribution in [0.15, 0.2) is 24.3 Å². The van der Waals surface area contributed by atoms with Crippen molar-refractivity contribution in [1.29, 1.82) is 0 Å². The van der Waals surface area contributed by atoms with Gasteiger partial charge in [-0.25, -0.2) is 0 Å². The van der Waals surface area contributed by atoms with E-state index in [-0.39, 0.29) is 18.0 Å². The van der Waals surface area contributed by atoms with Crippen LogP contribution in [-0.2, 0) is 15.1 Å². The fraction of sp³-hybridized carbons (Fsp3) is 0.650. The summed E-state index contributed by atoms with van der Waals surface area (Å²) in [5.74, 6) is 0.594. The zero-order valence-electron chi connectivity index (χ0n) is 15.8. The lowest BCUT2D eigenvalue weighted by molar-refractivity contribution is -0.159. The Morgan fingerprint density at radius 1 is 1.40 bits per heavy atom. The van der Waals surface area contributed by atoms with E-state index >= 15 is 0 Å². The number of aliphatic hydroxyl groups is 1. The first-order valence-electron chi connectivity index (χ1n) is 9.10. The van der Waals surface area contributed by atoms with Crippen LogP contribution in [-0.4, -0.2) is 49.8 Å². The SMILES string of the molecule is CCCC(=O)O[C@@H]1CC[C@@](O)(c2cccc(OC)c2)[C@H](CN(C)C)C1. The highest BCUT2D eigenvalue weighted by molar-refractivity contribution is 5.69. The number of ether oxygens (including phenoxy) is 2. The number of benzene rings is 1. The lowest BCUT2D eigenvalue weighted by atomic mass is 9.70.